The predicted octanol–water partition coefficient (Wildman–Crippen LogP) is 1.49. The third-order valence-electron chi connectivity index (χ3n) is 3.16. The molecule has 0 aliphatic carbocycles. The Morgan fingerprint density at radius 3 is 3.00 bits per heavy atom. The van der Waals surface area contributed by atoms with Gasteiger partial charge in [0, 0.05) is 13.0 Å². The molecule has 7 heteroatoms. The summed E-state index contributed by atoms with van der Waals surface area (Å²) in [6, 6.07) is 8.01. The van der Waals surface area contributed by atoms with Crippen LogP contribution in [0.4, 0.5) is 0 Å². The van der Waals surface area contributed by atoms with Crippen LogP contribution in [0.5, 0.6) is 0 Å². The standard InChI is InChI=1S/C14H15N3O2S2/c18-12(7-17-9-20-8-14(17)19)15-6-5-13-16-10-3-1-2-4-11(10)21-13/h1-4H,5-9H2,(H,15,18). The van der Waals surface area contributed by atoms with Crippen LogP contribution in [0.1, 0.15) is 5.01 Å². The lowest BCUT2D eigenvalue weighted by atomic mass is 10.3. The maximum atomic E-state index is 11.8. The van der Waals surface area contributed by atoms with Crippen molar-refractivity contribution in [2.75, 3.05) is 24.7 Å². The van der Waals surface area contributed by atoms with E-state index in [-0.39, 0.29) is 18.4 Å². The van der Waals surface area contributed by atoms with Crippen LogP contribution in [-0.4, -0.2) is 46.4 Å². The molecule has 110 valence electrons. The predicted molar refractivity (Wildman–Crippen MR) is 85.4 cm³/mol. The summed E-state index contributed by atoms with van der Waals surface area (Å²) in [6.07, 6.45) is 0.716. The van der Waals surface area contributed by atoms with Crippen LogP contribution in [-0.2, 0) is 16.0 Å². The number of fused-ring (bicyclic) bond motifs is 1. The van der Waals surface area contributed by atoms with Crippen molar-refractivity contribution in [2.24, 2.45) is 0 Å². The van der Waals surface area contributed by atoms with Gasteiger partial charge in [-0.15, -0.1) is 23.1 Å². The van der Waals surface area contributed by atoms with Crippen molar-refractivity contribution >= 4 is 45.1 Å². The van der Waals surface area contributed by atoms with Gasteiger partial charge in [0.05, 0.1) is 26.9 Å². The van der Waals surface area contributed by atoms with E-state index >= 15 is 0 Å². The van der Waals surface area contributed by atoms with E-state index in [4.69, 9.17) is 0 Å². The first-order chi connectivity index (χ1) is 10.2. The molecule has 1 aliphatic rings. The summed E-state index contributed by atoms with van der Waals surface area (Å²) in [5.41, 5.74) is 1.00. The van der Waals surface area contributed by atoms with Crippen molar-refractivity contribution in [1.82, 2.24) is 15.2 Å². The summed E-state index contributed by atoms with van der Waals surface area (Å²) in [5.74, 6) is 1.04. The Labute approximate surface area is 130 Å². The topological polar surface area (TPSA) is 62.3 Å². The number of thioether (sulfide) groups is 1. The fraction of sp³-hybridized carbons (Fsp3) is 0.357. The summed E-state index contributed by atoms with van der Waals surface area (Å²) < 4.78 is 1.17. The molecule has 1 aliphatic heterocycles. The van der Waals surface area contributed by atoms with Crippen molar-refractivity contribution in [2.45, 2.75) is 6.42 Å². The molecule has 0 bridgehead atoms. The Morgan fingerprint density at radius 2 is 2.24 bits per heavy atom. The van der Waals surface area contributed by atoms with E-state index < -0.39 is 0 Å². The largest absolute Gasteiger partial charge is 0.354 e. The molecule has 5 nitrogen and oxygen atoms in total. The van der Waals surface area contributed by atoms with E-state index in [1.54, 1.807) is 28.0 Å². The Hall–Kier alpha value is -1.60. The second-order valence-electron chi connectivity index (χ2n) is 4.74. The molecule has 0 radical (unpaired) electrons. The first-order valence-electron chi connectivity index (χ1n) is 6.69. The Balaban J connectivity index is 1.47. The zero-order valence-corrected chi connectivity index (χ0v) is 13.0. The minimum Gasteiger partial charge on any atom is -0.354 e. The molecule has 21 heavy (non-hydrogen) atoms. The fourth-order valence-corrected chi connectivity index (χ4v) is 3.98. The van der Waals surface area contributed by atoms with Crippen molar-refractivity contribution < 1.29 is 9.59 Å². The van der Waals surface area contributed by atoms with Gasteiger partial charge in [0.2, 0.25) is 11.8 Å². The van der Waals surface area contributed by atoms with E-state index in [9.17, 15) is 9.59 Å². The van der Waals surface area contributed by atoms with Crippen LogP contribution in [0, 0.1) is 0 Å². The van der Waals surface area contributed by atoms with Crippen molar-refractivity contribution in [1.29, 1.82) is 0 Å². The molecule has 0 saturated carbocycles. The molecule has 1 N–H and O–H groups in total. The van der Waals surface area contributed by atoms with E-state index in [1.165, 1.54) is 4.70 Å². The van der Waals surface area contributed by atoms with Gasteiger partial charge in [0.15, 0.2) is 0 Å². The fourth-order valence-electron chi connectivity index (χ4n) is 2.11. The van der Waals surface area contributed by atoms with Crippen LogP contribution in [0.2, 0.25) is 0 Å². The van der Waals surface area contributed by atoms with Gasteiger partial charge in [-0.25, -0.2) is 4.98 Å². The second kappa shape index (κ2) is 6.44. The van der Waals surface area contributed by atoms with E-state index in [0.717, 1.165) is 10.5 Å². The molecule has 1 aromatic heterocycles. The molecular formula is C14H15N3O2S2. The van der Waals surface area contributed by atoms with Gasteiger partial charge in [0.25, 0.3) is 0 Å². The number of benzene rings is 1. The number of carbonyl (C=O) groups excluding carboxylic acids is 2. The Bertz CT molecular complexity index is 638. The maximum absolute atomic E-state index is 11.8. The summed E-state index contributed by atoms with van der Waals surface area (Å²) in [7, 11) is 0. The molecule has 0 spiro atoms. The van der Waals surface area contributed by atoms with Crippen LogP contribution >= 0.6 is 23.1 Å². The van der Waals surface area contributed by atoms with E-state index in [0.29, 0.717) is 24.6 Å². The van der Waals surface area contributed by atoms with Crippen LogP contribution in [0.25, 0.3) is 10.2 Å². The number of carbonyl (C=O) groups is 2. The smallest absolute Gasteiger partial charge is 0.239 e. The maximum Gasteiger partial charge on any atom is 0.239 e. The average Bonchev–Trinajstić information content (AvgIpc) is 3.05. The normalized spacial score (nSPS) is 14.9. The molecule has 2 aromatic rings. The highest BCUT2D eigenvalue weighted by molar-refractivity contribution is 8.00. The zero-order chi connectivity index (χ0) is 14.7. The van der Waals surface area contributed by atoms with Crippen molar-refractivity contribution in [3.05, 3.63) is 29.3 Å². The number of hydrogen-bond acceptors (Lipinski definition) is 5. The number of amides is 2. The van der Waals surface area contributed by atoms with Gasteiger partial charge in [-0.2, -0.15) is 0 Å². The average molecular weight is 321 g/mol. The highest BCUT2D eigenvalue weighted by atomic mass is 32.2. The molecule has 3 rings (SSSR count). The summed E-state index contributed by atoms with van der Waals surface area (Å²) in [5, 5.41) is 3.87. The highest BCUT2D eigenvalue weighted by Gasteiger charge is 2.22. The van der Waals surface area contributed by atoms with Crippen LogP contribution in [0.3, 0.4) is 0 Å². The van der Waals surface area contributed by atoms with Crippen LogP contribution in [0.15, 0.2) is 24.3 Å². The number of aromatic nitrogens is 1. The van der Waals surface area contributed by atoms with Gasteiger partial charge in [-0.1, -0.05) is 12.1 Å². The molecule has 1 fully saturated rings. The quantitative estimate of drug-likeness (QED) is 0.906. The monoisotopic (exact) mass is 321 g/mol. The van der Waals surface area contributed by atoms with Gasteiger partial charge >= 0.3 is 0 Å². The number of nitrogens with zero attached hydrogens (tertiary/aromatic N) is 2. The number of hydrogen-bond donors (Lipinski definition) is 1. The molecule has 2 amide bonds. The number of thiazole rings is 1. The SMILES string of the molecule is O=C(CN1CSCC1=O)NCCc1nc2ccccc2s1. The molecule has 1 saturated heterocycles. The van der Waals surface area contributed by atoms with Gasteiger partial charge in [-0.05, 0) is 12.1 Å². The van der Waals surface area contributed by atoms with Crippen LogP contribution < -0.4 is 5.32 Å². The number of nitrogens with one attached hydrogen (secondary N) is 1. The summed E-state index contributed by atoms with van der Waals surface area (Å²) >= 11 is 3.20. The Morgan fingerprint density at radius 1 is 1.38 bits per heavy atom. The molecule has 2 heterocycles. The molecule has 1 aromatic carbocycles. The third kappa shape index (κ3) is 3.54. The zero-order valence-electron chi connectivity index (χ0n) is 11.4. The van der Waals surface area contributed by atoms with Crippen molar-refractivity contribution in [3.63, 3.8) is 0 Å². The summed E-state index contributed by atoms with van der Waals surface area (Å²) in [6.45, 7) is 0.708. The minimum absolute atomic E-state index is 0.0429. The first-order valence-corrected chi connectivity index (χ1v) is 8.66. The lowest BCUT2D eigenvalue weighted by Gasteiger charge is -2.13. The lowest BCUT2D eigenvalue weighted by molar-refractivity contribution is -0.132. The minimum atomic E-state index is -0.105. The number of rotatable bonds is 5. The van der Waals surface area contributed by atoms with E-state index in [2.05, 4.69) is 10.3 Å². The first kappa shape index (κ1) is 14.3. The lowest BCUT2D eigenvalue weighted by Crippen LogP contribution is -2.38. The highest BCUT2D eigenvalue weighted by Crippen LogP contribution is 2.21. The van der Waals surface area contributed by atoms with Gasteiger partial charge in [-0.3, -0.25) is 9.59 Å². The Kier molecular flexibility index (Phi) is 4.40. The molecule has 0 unspecified atom stereocenters. The molecule has 0 atom stereocenters. The number of para-hydroxylation sites is 1. The van der Waals surface area contributed by atoms with E-state index in [1.807, 2.05) is 24.3 Å². The van der Waals surface area contributed by atoms with Gasteiger partial charge < -0.3 is 10.2 Å². The second-order valence-corrected chi connectivity index (χ2v) is 6.81. The molecular weight excluding hydrogens is 306 g/mol. The van der Waals surface area contributed by atoms with Gasteiger partial charge in [0.1, 0.15) is 6.54 Å². The summed E-state index contributed by atoms with van der Waals surface area (Å²) in [4.78, 5) is 29.3. The third-order valence-corrected chi connectivity index (χ3v) is 5.20. The van der Waals surface area contributed by atoms with Crippen molar-refractivity contribution in [3.8, 4) is 0 Å².